The number of nitrogens with zero attached hydrogens (tertiary/aromatic N) is 1. The van der Waals surface area contributed by atoms with Gasteiger partial charge in [0.2, 0.25) is 0 Å². The lowest BCUT2D eigenvalue weighted by atomic mass is 10.1. The van der Waals surface area contributed by atoms with Gasteiger partial charge in [0.05, 0.1) is 26.2 Å². The van der Waals surface area contributed by atoms with E-state index < -0.39 is 0 Å². The Morgan fingerprint density at radius 3 is 1.43 bits per heavy atom. The number of allylic oxidation sites excluding steroid dienone is 1. The van der Waals surface area contributed by atoms with Crippen molar-refractivity contribution in [2.45, 2.75) is 85.5 Å². The Morgan fingerprint density at radius 1 is 0.619 bits per heavy atom. The highest BCUT2D eigenvalue weighted by Crippen LogP contribution is 2.15. The smallest absolute Gasteiger partial charge is 0.0973 e. The molecule has 0 bridgehead atoms. The van der Waals surface area contributed by atoms with E-state index in [1.165, 1.54) is 88.4 Å². The summed E-state index contributed by atoms with van der Waals surface area (Å²) in [7, 11) is 0. The minimum absolute atomic E-state index is 0. The Bertz CT molecular complexity index is 204. The summed E-state index contributed by atoms with van der Waals surface area (Å²) in [5, 5.41) is 0. The van der Waals surface area contributed by atoms with Gasteiger partial charge in [-0.3, -0.25) is 0 Å². The van der Waals surface area contributed by atoms with Crippen LogP contribution >= 0.6 is 0 Å². The molecule has 128 valence electrons. The highest BCUT2D eigenvalue weighted by molar-refractivity contribution is 4.81. The van der Waals surface area contributed by atoms with Crippen LogP contribution in [0.5, 0.6) is 0 Å². The third kappa shape index (κ3) is 11.9. The van der Waals surface area contributed by atoms with E-state index in [1.54, 1.807) is 0 Å². The van der Waals surface area contributed by atoms with Gasteiger partial charge >= 0.3 is 0 Å². The maximum absolute atomic E-state index is 2.48. The van der Waals surface area contributed by atoms with E-state index in [0.717, 1.165) is 0 Å². The largest absolute Gasteiger partial charge is 0.870 e. The molecule has 0 aromatic carbocycles. The van der Waals surface area contributed by atoms with Crippen LogP contribution in [0, 0.1) is 0 Å². The van der Waals surface area contributed by atoms with Crippen molar-refractivity contribution in [3.63, 3.8) is 0 Å². The molecule has 0 aliphatic rings. The van der Waals surface area contributed by atoms with Crippen molar-refractivity contribution in [1.29, 1.82) is 0 Å². The molecule has 0 radical (unpaired) electrons. The van der Waals surface area contributed by atoms with Crippen LogP contribution in [-0.4, -0.2) is 36.1 Å². The Morgan fingerprint density at radius 2 is 1.05 bits per heavy atom. The lowest BCUT2D eigenvalue weighted by molar-refractivity contribution is -0.923. The van der Waals surface area contributed by atoms with Crippen LogP contribution in [0.1, 0.15) is 85.5 Å². The van der Waals surface area contributed by atoms with Gasteiger partial charge in [0.25, 0.3) is 0 Å². The molecule has 0 fully saturated rings. The second-order valence-electron chi connectivity index (χ2n) is 6.37. The normalized spacial score (nSPS) is 11.8. The summed E-state index contributed by atoms with van der Waals surface area (Å²) >= 11 is 0. The molecule has 0 aliphatic heterocycles. The monoisotopic (exact) mass is 299 g/mol. The molecule has 0 aromatic heterocycles. The summed E-state index contributed by atoms with van der Waals surface area (Å²) in [6.45, 7) is 14.7. The number of unbranched alkanes of at least 4 members (excludes halogenated alkanes) is 5. The van der Waals surface area contributed by atoms with Crippen LogP contribution in [0.4, 0.5) is 0 Å². The van der Waals surface area contributed by atoms with Crippen LogP contribution in [0.15, 0.2) is 12.2 Å². The molecule has 1 N–H and O–H groups in total. The zero-order chi connectivity index (χ0) is 15.1. The average molecular weight is 300 g/mol. The molecule has 2 nitrogen and oxygen atoms in total. The van der Waals surface area contributed by atoms with Gasteiger partial charge in [-0.15, -0.1) is 0 Å². The molecule has 0 saturated heterocycles. The molecular formula is C19H41NO. The van der Waals surface area contributed by atoms with E-state index in [-0.39, 0.29) is 5.48 Å². The van der Waals surface area contributed by atoms with Gasteiger partial charge < -0.3 is 9.96 Å². The summed E-state index contributed by atoms with van der Waals surface area (Å²) in [5.41, 5.74) is 0. The zero-order valence-electron chi connectivity index (χ0n) is 15.2. The van der Waals surface area contributed by atoms with Gasteiger partial charge in [-0.2, -0.15) is 0 Å². The van der Waals surface area contributed by atoms with E-state index in [0.29, 0.717) is 0 Å². The van der Waals surface area contributed by atoms with E-state index in [2.05, 4.69) is 39.8 Å². The maximum Gasteiger partial charge on any atom is 0.0973 e. The summed E-state index contributed by atoms with van der Waals surface area (Å²) < 4.78 is 1.35. The van der Waals surface area contributed by atoms with Gasteiger partial charge in [0, 0.05) is 0 Å². The van der Waals surface area contributed by atoms with Crippen molar-refractivity contribution in [1.82, 2.24) is 0 Å². The first-order chi connectivity index (χ1) is 9.74. The van der Waals surface area contributed by atoms with Crippen LogP contribution in [0.25, 0.3) is 0 Å². The molecule has 0 aliphatic carbocycles. The van der Waals surface area contributed by atoms with Crippen molar-refractivity contribution in [2.75, 3.05) is 26.2 Å². The van der Waals surface area contributed by atoms with Crippen LogP contribution in [-0.2, 0) is 0 Å². The lowest BCUT2D eigenvalue weighted by Crippen LogP contribution is -2.50. The van der Waals surface area contributed by atoms with Gasteiger partial charge in [-0.25, -0.2) is 0 Å². The van der Waals surface area contributed by atoms with Crippen molar-refractivity contribution < 1.29 is 9.96 Å². The fourth-order valence-corrected chi connectivity index (χ4v) is 2.83. The second-order valence-corrected chi connectivity index (χ2v) is 6.37. The molecule has 0 saturated carbocycles. The predicted molar refractivity (Wildman–Crippen MR) is 95.1 cm³/mol. The third-order valence-corrected chi connectivity index (χ3v) is 4.34. The first-order valence-corrected chi connectivity index (χ1v) is 9.24. The van der Waals surface area contributed by atoms with Crippen molar-refractivity contribution in [3.05, 3.63) is 12.2 Å². The topological polar surface area (TPSA) is 30.0 Å². The Kier molecular flexibility index (Phi) is 17.5. The molecule has 0 amide bonds. The lowest BCUT2D eigenvalue weighted by Gasteiger charge is -2.38. The molecule has 0 spiro atoms. The Balaban J connectivity index is 0. The number of rotatable bonds is 14. The minimum atomic E-state index is 0. The molecular weight excluding hydrogens is 258 g/mol. The van der Waals surface area contributed by atoms with Gasteiger partial charge in [0.1, 0.15) is 0 Å². The molecule has 0 atom stereocenters. The first kappa shape index (κ1) is 22.9. The highest BCUT2D eigenvalue weighted by atomic mass is 16.0. The molecule has 0 rings (SSSR count). The average Bonchev–Trinajstić information content (AvgIpc) is 2.48. The van der Waals surface area contributed by atoms with Gasteiger partial charge in [0.15, 0.2) is 0 Å². The number of hydrogen-bond acceptors (Lipinski definition) is 1. The third-order valence-electron chi connectivity index (χ3n) is 4.34. The highest BCUT2D eigenvalue weighted by Gasteiger charge is 2.23. The molecule has 2 heteroatoms. The van der Waals surface area contributed by atoms with E-state index in [9.17, 15) is 0 Å². The predicted octanol–water partition coefficient (Wildman–Crippen LogP) is 5.77. The maximum atomic E-state index is 2.48. The molecule has 0 heterocycles. The SMILES string of the molecule is CCCCC=CC[N+](CCCC)(CCCC)CCCC.[OH-]. The van der Waals surface area contributed by atoms with Crippen molar-refractivity contribution in [3.8, 4) is 0 Å². The zero-order valence-corrected chi connectivity index (χ0v) is 15.2. The van der Waals surface area contributed by atoms with E-state index in [4.69, 9.17) is 0 Å². The number of quaternary nitrogens is 1. The van der Waals surface area contributed by atoms with Crippen LogP contribution in [0.3, 0.4) is 0 Å². The minimum Gasteiger partial charge on any atom is -0.870 e. The standard InChI is InChI=1S/C19H40N.H2O/c1-5-9-13-14-15-19-20(16-10-6-2,17-11-7-3)18-12-8-4;/h14-15H,5-13,16-19H2,1-4H3;1H2/q+1;/p-1. The Hall–Kier alpha value is -0.340. The number of hydrogen-bond donors (Lipinski definition) is 0. The summed E-state index contributed by atoms with van der Waals surface area (Å²) in [4.78, 5) is 0. The van der Waals surface area contributed by atoms with Crippen LogP contribution < -0.4 is 0 Å². The van der Waals surface area contributed by atoms with Crippen molar-refractivity contribution >= 4 is 0 Å². The van der Waals surface area contributed by atoms with E-state index in [1.807, 2.05) is 0 Å². The van der Waals surface area contributed by atoms with Gasteiger partial charge in [-0.1, -0.05) is 65.9 Å². The summed E-state index contributed by atoms with van der Waals surface area (Å²) in [6, 6.07) is 0. The fourth-order valence-electron chi connectivity index (χ4n) is 2.83. The second kappa shape index (κ2) is 16.0. The first-order valence-electron chi connectivity index (χ1n) is 9.24. The summed E-state index contributed by atoms with van der Waals surface area (Å²) in [5.74, 6) is 0. The molecule has 0 aromatic rings. The Labute approximate surface area is 134 Å². The summed E-state index contributed by atoms with van der Waals surface area (Å²) in [6.07, 6.45) is 17.0. The van der Waals surface area contributed by atoms with Crippen molar-refractivity contribution in [2.24, 2.45) is 0 Å². The van der Waals surface area contributed by atoms with Crippen LogP contribution in [0.2, 0.25) is 0 Å². The van der Waals surface area contributed by atoms with E-state index >= 15 is 0 Å². The van der Waals surface area contributed by atoms with Gasteiger partial charge in [-0.05, 0) is 31.8 Å². The fraction of sp³-hybridized carbons (Fsp3) is 0.895. The molecule has 0 unspecified atom stereocenters. The molecule has 21 heavy (non-hydrogen) atoms. The quantitative estimate of drug-likeness (QED) is 0.227.